The molecule has 1 radical (unpaired) electrons. The lowest BCUT2D eigenvalue weighted by Gasteiger charge is -2.14. The fourth-order valence-electron chi connectivity index (χ4n) is 4.08. The molecule has 1 atom stereocenters. The number of alkyl halides is 3. The van der Waals surface area contributed by atoms with E-state index in [1.54, 1.807) is 9.13 Å². The minimum absolute atomic E-state index is 0.134. The van der Waals surface area contributed by atoms with Crippen molar-refractivity contribution in [1.82, 2.24) is 9.13 Å². The summed E-state index contributed by atoms with van der Waals surface area (Å²) in [4.78, 5) is 0. The number of rotatable bonds is 8. The highest BCUT2D eigenvalue weighted by atomic mass is 19.4. The van der Waals surface area contributed by atoms with Crippen molar-refractivity contribution in [3.63, 3.8) is 0 Å². The SMILES string of the molecule is C[B]C1C=CC(Cn2c(=N)n(CCCOc3ccc(F)cc3)c3cc(C(F)(F)F)ccc32)=CC1. The molecule has 0 saturated carbocycles. The molecule has 2 aromatic carbocycles. The maximum absolute atomic E-state index is 13.4. The summed E-state index contributed by atoms with van der Waals surface area (Å²) in [6.07, 6.45) is 3.11. The molecule has 1 aliphatic rings. The lowest BCUT2D eigenvalue weighted by molar-refractivity contribution is -0.137. The van der Waals surface area contributed by atoms with Gasteiger partial charge in [-0.2, -0.15) is 13.2 Å². The van der Waals surface area contributed by atoms with Gasteiger partial charge in [-0.25, -0.2) is 4.39 Å². The topological polar surface area (TPSA) is 42.9 Å². The van der Waals surface area contributed by atoms with Crippen LogP contribution in [-0.4, -0.2) is 23.0 Å². The van der Waals surface area contributed by atoms with Gasteiger partial charge in [0.1, 0.15) is 18.8 Å². The summed E-state index contributed by atoms with van der Waals surface area (Å²) in [5.74, 6) is 0.528. The molecule has 4 nitrogen and oxygen atoms in total. The zero-order chi connectivity index (χ0) is 24.3. The number of allylic oxidation sites excluding steroid dienone is 4. The quantitative estimate of drug-likeness (QED) is 0.246. The molecule has 9 heteroatoms. The van der Waals surface area contributed by atoms with E-state index in [2.05, 4.69) is 19.4 Å². The highest BCUT2D eigenvalue weighted by Gasteiger charge is 2.31. The van der Waals surface area contributed by atoms with Crippen LogP contribution in [0.15, 0.2) is 66.3 Å². The van der Waals surface area contributed by atoms with Crippen LogP contribution in [0.1, 0.15) is 18.4 Å². The van der Waals surface area contributed by atoms with Crippen LogP contribution in [0.5, 0.6) is 5.75 Å². The summed E-state index contributed by atoms with van der Waals surface area (Å²) in [5, 5.41) is 8.72. The Balaban J connectivity index is 1.59. The molecular formula is C25H25BF4N3O. The van der Waals surface area contributed by atoms with Crippen molar-refractivity contribution in [3.05, 3.63) is 83.3 Å². The van der Waals surface area contributed by atoms with E-state index >= 15 is 0 Å². The summed E-state index contributed by atoms with van der Waals surface area (Å²) in [6, 6.07) is 9.25. The van der Waals surface area contributed by atoms with Crippen LogP contribution < -0.4 is 10.4 Å². The molecule has 0 bridgehead atoms. The van der Waals surface area contributed by atoms with Gasteiger partial charge in [0.05, 0.1) is 29.7 Å². The largest absolute Gasteiger partial charge is 0.494 e. The summed E-state index contributed by atoms with van der Waals surface area (Å²) in [6.45, 7) is 3.02. The number of benzene rings is 2. The number of aryl methyl sites for hydroxylation is 1. The van der Waals surface area contributed by atoms with Gasteiger partial charge >= 0.3 is 6.18 Å². The number of fused-ring (bicyclic) bond motifs is 1. The highest BCUT2D eigenvalue weighted by Crippen LogP contribution is 2.31. The Bertz CT molecular complexity index is 1270. The Morgan fingerprint density at radius 2 is 1.85 bits per heavy atom. The van der Waals surface area contributed by atoms with Gasteiger partial charge in [0.15, 0.2) is 0 Å². The van der Waals surface area contributed by atoms with E-state index in [0.29, 0.717) is 42.1 Å². The molecule has 0 saturated heterocycles. The Kier molecular flexibility index (Phi) is 7.00. The molecule has 1 heterocycles. The minimum Gasteiger partial charge on any atom is -0.494 e. The highest BCUT2D eigenvalue weighted by molar-refractivity contribution is 6.36. The van der Waals surface area contributed by atoms with E-state index in [1.165, 1.54) is 30.3 Å². The molecule has 3 aromatic rings. The number of hydrogen-bond acceptors (Lipinski definition) is 2. The molecular weight excluding hydrogens is 445 g/mol. The fourth-order valence-corrected chi connectivity index (χ4v) is 4.08. The maximum atomic E-state index is 13.4. The molecule has 1 aliphatic carbocycles. The van der Waals surface area contributed by atoms with Gasteiger partial charge in [-0.1, -0.05) is 25.1 Å². The van der Waals surface area contributed by atoms with Gasteiger partial charge < -0.3 is 13.9 Å². The first-order valence-corrected chi connectivity index (χ1v) is 11.2. The Morgan fingerprint density at radius 1 is 1.09 bits per heavy atom. The maximum Gasteiger partial charge on any atom is 0.416 e. The second-order valence-electron chi connectivity index (χ2n) is 8.29. The van der Waals surface area contributed by atoms with Crippen molar-refractivity contribution in [2.24, 2.45) is 0 Å². The van der Waals surface area contributed by atoms with Gasteiger partial charge in [-0.3, -0.25) is 5.41 Å². The van der Waals surface area contributed by atoms with Gasteiger partial charge in [0.25, 0.3) is 0 Å². The molecule has 1 N–H and O–H groups in total. The zero-order valence-corrected chi connectivity index (χ0v) is 18.8. The van der Waals surface area contributed by atoms with Gasteiger partial charge in [0.2, 0.25) is 5.62 Å². The van der Waals surface area contributed by atoms with Gasteiger partial charge in [-0.15, -0.1) is 0 Å². The number of imidazole rings is 1. The van der Waals surface area contributed by atoms with Crippen LogP contribution in [0.2, 0.25) is 12.6 Å². The van der Waals surface area contributed by atoms with Crippen molar-refractivity contribution >= 4 is 18.3 Å². The van der Waals surface area contributed by atoms with E-state index in [-0.39, 0.29) is 18.0 Å². The molecule has 1 unspecified atom stereocenters. The zero-order valence-electron chi connectivity index (χ0n) is 18.8. The van der Waals surface area contributed by atoms with Gasteiger partial charge in [-0.05, 0) is 66.7 Å². The van der Waals surface area contributed by atoms with Crippen LogP contribution >= 0.6 is 0 Å². The lowest BCUT2D eigenvalue weighted by atomic mass is 9.64. The molecule has 0 amide bonds. The summed E-state index contributed by atoms with van der Waals surface area (Å²) >= 11 is 0. The van der Waals surface area contributed by atoms with Crippen molar-refractivity contribution < 1.29 is 22.3 Å². The third-order valence-corrected chi connectivity index (χ3v) is 5.98. The van der Waals surface area contributed by atoms with Crippen molar-refractivity contribution in [3.8, 4) is 5.75 Å². The summed E-state index contributed by atoms with van der Waals surface area (Å²) in [5.41, 5.74) is 1.36. The number of nitrogens with zero attached hydrogens (tertiary/aromatic N) is 2. The first-order valence-electron chi connectivity index (χ1n) is 11.2. The standard InChI is InChI=1S/C25H25BF4N3O/c1-26-19-6-3-17(4-7-19)16-33-22-12-5-18(25(28,29)30)15-23(22)32(24(33)31)13-2-14-34-21-10-8-20(27)9-11-21/h3-6,8-12,15,19,31H,2,7,13-14,16H2,1H3. The van der Waals surface area contributed by atoms with Crippen LogP contribution in [-0.2, 0) is 19.3 Å². The smallest absolute Gasteiger partial charge is 0.416 e. The summed E-state index contributed by atoms with van der Waals surface area (Å²) in [7, 11) is 2.12. The predicted octanol–water partition coefficient (Wildman–Crippen LogP) is 5.98. The lowest BCUT2D eigenvalue weighted by Crippen LogP contribution is -2.26. The molecule has 34 heavy (non-hydrogen) atoms. The first kappa shape index (κ1) is 23.9. The minimum atomic E-state index is -4.47. The van der Waals surface area contributed by atoms with Crippen LogP contribution in [0.3, 0.4) is 0 Å². The molecule has 0 aliphatic heterocycles. The van der Waals surface area contributed by atoms with Crippen LogP contribution in [0, 0.1) is 11.2 Å². The van der Waals surface area contributed by atoms with E-state index in [1.807, 2.05) is 12.9 Å². The van der Waals surface area contributed by atoms with E-state index < -0.39 is 11.7 Å². The van der Waals surface area contributed by atoms with Crippen molar-refractivity contribution in [1.29, 1.82) is 5.41 Å². The second kappa shape index (κ2) is 9.95. The van der Waals surface area contributed by atoms with Crippen molar-refractivity contribution in [2.45, 2.75) is 44.7 Å². The monoisotopic (exact) mass is 470 g/mol. The van der Waals surface area contributed by atoms with E-state index in [4.69, 9.17) is 10.1 Å². The van der Waals surface area contributed by atoms with Gasteiger partial charge in [0, 0.05) is 6.54 Å². The fraction of sp³-hybridized carbons (Fsp3) is 0.320. The third-order valence-electron chi connectivity index (χ3n) is 5.98. The number of nitrogens with one attached hydrogen (secondary N) is 1. The number of hydrogen-bond donors (Lipinski definition) is 1. The number of aromatic nitrogens is 2. The average Bonchev–Trinajstić information content (AvgIpc) is 3.08. The van der Waals surface area contributed by atoms with E-state index in [9.17, 15) is 17.6 Å². The third kappa shape index (κ3) is 5.29. The molecule has 1 aromatic heterocycles. The Hall–Kier alpha value is -3.23. The van der Waals surface area contributed by atoms with E-state index in [0.717, 1.165) is 24.1 Å². The number of ether oxygens (including phenoxy) is 1. The molecule has 4 rings (SSSR count). The second-order valence-corrected chi connectivity index (χ2v) is 8.29. The van der Waals surface area contributed by atoms with Crippen molar-refractivity contribution in [2.75, 3.05) is 6.61 Å². The van der Waals surface area contributed by atoms with Crippen LogP contribution in [0.4, 0.5) is 17.6 Å². The summed E-state index contributed by atoms with van der Waals surface area (Å²) < 4.78 is 62.2. The first-order chi connectivity index (χ1) is 16.3. The predicted molar refractivity (Wildman–Crippen MR) is 125 cm³/mol. The average molecular weight is 470 g/mol. The molecule has 0 fully saturated rings. The Labute approximate surface area is 195 Å². The normalized spacial score (nSPS) is 16.0. The Morgan fingerprint density at radius 3 is 2.50 bits per heavy atom. The molecule has 0 spiro atoms. The molecule has 177 valence electrons. The van der Waals surface area contributed by atoms with Crippen LogP contribution in [0.25, 0.3) is 11.0 Å². The number of halogens is 4.